The molecule has 0 heterocycles. The molecule has 0 aliphatic rings. The normalized spacial score (nSPS) is 10.3. The molecule has 0 radical (unpaired) electrons. The molecule has 0 saturated carbocycles. The highest BCUT2D eigenvalue weighted by Gasteiger charge is 2.12. The Morgan fingerprint density at radius 1 is 1.33 bits per heavy atom. The predicted octanol–water partition coefficient (Wildman–Crippen LogP) is 3.74. The molecule has 2 aromatic carbocycles. The number of hydrogen-bond acceptors (Lipinski definition) is 3. The maximum atomic E-state index is 13.6. The van der Waals surface area contributed by atoms with Gasteiger partial charge in [0.05, 0.1) is 11.6 Å². The van der Waals surface area contributed by atoms with Crippen LogP contribution in [0.4, 0.5) is 15.8 Å². The molecule has 0 bridgehead atoms. The lowest BCUT2D eigenvalue weighted by Crippen LogP contribution is -2.13. The molecule has 0 spiro atoms. The first-order valence-corrected chi connectivity index (χ1v) is 6.92. The molecule has 110 valence electrons. The van der Waals surface area contributed by atoms with Gasteiger partial charge in [-0.15, -0.1) is 0 Å². The SMILES string of the molecule is COc1cc(NC(=O)c2cc(N)c(C)c(F)c2)ccc1Br. The number of nitrogens with two attached hydrogens (primary N) is 1. The van der Waals surface area contributed by atoms with Gasteiger partial charge < -0.3 is 15.8 Å². The summed E-state index contributed by atoms with van der Waals surface area (Å²) in [6, 6.07) is 7.73. The highest BCUT2D eigenvalue weighted by atomic mass is 79.9. The van der Waals surface area contributed by atoms with Crippen molar-refractivity contribution in [1.29, 1.82) is 0 Å². The van der Waals surface area contributed by atoms with Crippen LogP contribution in [0.25, 0.3) is 0 Å². The highest BCUT2D eigenvalue weighted by molar-refractivity contribution is 9.10. The number of rotatable bonds is 3. The van der Waals surface area contributed by atoms with Gasteiger partial charge in [0.25, 0.3) is 5.91 Å². The van der Waals surface area contributed by atoms with Gasteiger partial charge in [0.1, 0.15) is 11.6 Å². The molecule has 1 amide bonds. The lowest BCUT2D eigenvalue weighted by molar-refractivity contribution is 0.102. The first-order valence-electron chi connectivity index (χ1n) is 6.13. The van der Waals surface area contributed by atoms with Crippen LogP contribution in [0.5, 0.6) is 5.75 Å². The number of carbonyl (C=O) groups excluding carboxylic acids is 1. The number of hydrogen-bond donors (Lipinski definition) is 2. The van der Waals surface area contributed by atoms with Crippen LogP contribution in [0.2, 0.25) is 0 Å². The fraction of sp³-hybridized carbons (Fsp3) is 0.133. The van der Waals surface area contributed by atoms with Gasteiger partial charge in [0, 0.05) is 28.6 Å². The molecule has 0 unspecified atom stereocenters. The molecule has 0 atom stereocenters. The number of nitrogens with one attached hydrogen (secondary N) is 1. The van der Waals surface area contributed by atoms with Gasteiger partial charge in [-0.3, -0.25) is 4.79 Å². The lowest BCUT2D eigenvalue weighted by atomic mass is 10.1. The zero-order valence-corrected chi connectivity index (χ0v) is 13.1. The number of methoxy groups -OCH3 is 1. The molecule has 6 heteroatoms. The van der Waals surface area contributed by atoms with Crippen molar-refractivity contribution >= 4 is 33.2 Å². The van der Waals surface area contributed by atoms with Crippen LogP contribution in [-0.2, 0) is 0 Å². The molecule has 4 nitrogen and oxygen atoms in total. The summed E-state index contributed by atoms with van der Waals surface area (Å²) in [5.74, 6) is -0.360. The summed E-state index contributed by atoms with van der Waals surface area (Å²) in [6.07, 6.45) is 0. The average Bonchev–Trinajstić information content (AvgIpc) is 2.46. The van der Waals surface area contributed by atoms with Crippen LogP contribution >= 0.6 is 15.9 Å². The second-order valence-corrected chi connectivity index (χ2v) is 5.33. The smallest absolute Gasteiger partial charge is 0.255 e. The van der Waals surface area contributed by atoms with Crippen molar-refractivity contribution < 1.29 is 13.9 Å². The maximum Gasteiger partial charge on any atom is 0.255 e. The number of carbonyl (C=O) groups is 1. The summed E-state index contributed by atoms with van der Waals surface area (Å²) in [4.78, 5) is 12.1. The minimum absolute atomic E-state index is 0.164. The lowest BCUT2D eigenvalue weighted by Gasteiger charge is -2.10. The van der Waals surface area contributed by atoms with Crippen LogP contribution in [-0.4, -0.2) is 13.0 Å². The number of halogens is 2. The molecule has 21 heavy (non-hydrogen) atoms. The van der Waals surface area contributed by atoms with E-state index >= 15 is 0 Å². The fourth-order valence-electron chi connectivity index (χ4n) is 1.77. The largest absolute Gasteiger partial charge is 0.495 e. The van der Waals surface area contributed by atoms with E-state index < -0.39 is 11.7 Å². The molecule has 2 rings (SSSR count). The zero-order valence-electron chi connectivity index (χ0n) is 11.5. The van der Waals surface area contributed by atoms with Gasteiger partial charge in [-0.1, -0.05) is 0 Å². The van der Waals surface area contributed by atoms with Crippen molar-refractivity contribution in [3.05, 3.63) is 51.7 Å². The van der Waals surface area contributed by atoms with Crippen molar-refractivity contribution in [2.75, 3.05) is 18.2 Å². The van der Waals surface area contributed by atoms with Crippen LogP contribution in [0.1, 0.15) is 15.9 Å². The maximum absolute atomic E-state index is 13.6. The Morgan fingerprint density at radius 3 is 2.67 bits per heavy atom. The van der Waals surface area contributed by atoms with Gasteiger partial charge in [0.2, 0.25) is 0 Å². The molecule has 0 aliphatic heterocycles. The Kier molecular flexibility index (Phi) is 4.47. The Morgan fingerprint density at radius 2 is 2.05 bits per heavy atom. The van der Waals surface area contributed by atoms with Crippen molar-refractivity contribution in [3.63, 3.8) is 0 Å². The van der Waals surface area contributed by atoms with E-state index in [0.29, 0.717) is 17.0 Å². The second-order valence-electron chi connectivity index (χ2n) is 4.48. The number of amides is 1. The molecule has 0 aromatic heterocycles. The van der Waals surface area contributed by atoms with Crippen LogP contribution in [0.3, 0.4) is 0 Å². The van der Waals surface area contributed by atoms with E-state index in [2.05, 4.69) is 21.2 Å². The van der Waals surface area contributed by atoms with Crippen molar-refractivity contribution in [2.45, 2.75) is 6.92 Å². The molecular weight excluding hydrogens is 339 g/mol. The van der Waals surface area contributed by atoms with Gasteiger partial charge in [-0.2, -0.15) is 0 Å². The predicted molar refractivity (Wildman–Crippen MR) is 84.2 cm³/mol. The zero-order chi connectivity index (χ0) is 15.6. The summed E-state index contributed by atoms with van der Waals surface area (Å²) in [6.45, 7) is 1.56. The number of benzene rings is 2. The fourth-order valence-corrected chi connectivity index (χ4v) is 2.18. The minimum Gasteiger partial charge on any atom is -0.495 e. The molecule has 0 fully saturated rings. The van der Waals surface area contributed by atoms with Crippen LogP contribution in [0, 0.1) is 12.7 Å². The molecule has 0 aliphatic carbocycles. The van der Waals surface area contributed by atoms with Crippen LogP contribution < -0.4 is 15.8 Å². The van der Waals surface area contributed by atoms with E-state index in [-0.39, 0.29) is 11.3 Å². The van der Waals surface area contributed by atoms with Gasteiger partial charge in [-0.25, -0.2) is 4.39 Å². The Balaban J connectivity index is 2.26. The van der Waals surface area contributed by atoms with Crippen LogP contribution in [0.15, 0.2) is 34.8 Å². The Bertz CT molecular complexity index is 681. The number of ether oxygens (including phenoxy) is 1. The van der Waals surface area contributed by atoms with E-state index in [0.717, 1.165) is 10.5 Å². The number of nitrogen functional groups attached to an aromatic ring is 1. The third-order valence-corrected chi connectivity index (χ3v) is 3.71. The highest BCUT2D eigenvalue weighted by Crippen LogP contribution is 2.28. The minimum atomic E-state index is -0.506. The summed E-state index contributed by atoms with van der Waals surface area (Å²) in [5, 5.41) is 2.67. The summed E-state index contributed by atoms with van der Waals surface area (Å²) >= 11 is 3.32. The van der Waals surface area contributed by atoms with Crippen molar-refractivity contribution in [3.8, 4) is 5.75 Å². The third-order valence-electron chi connectivity index (χ3n) is 3.06. The molecule has 3 N–H and O–H groups in total. The monoisotopic (exact) mass is 352 g/mol. The van der Waals surface area contributed by atoms with Gasteiger partial charge >= 0.3 is 0 Å². The Hall–Kier alpha value is -2.08. The summed E-state index contributed by atoms with van der Waals surface area (Å²) in [7, 11) is 1.53. The van der Waals surface area contributed by atoms with E-state index in [9.17, 15) is 9.18 Å². The number of anilines is 2. The van der Waals surface area contributed by atoms with E-state index in [1.807, 2.05) is 0 Å². The van der Waals surface area contributed by atoms with Crippen molar-refractivity contribution in [1.82, 2.24) is 0 Å². The Labute approximate surface area is 130 Å². The first kappa shape index (κ1) is 15.3. The van der Waals surface area contributed by atoms with Gasteiger partial charge in [0.15, 0.2) is 0 Å². The second kappa shape index (κ2) is 6.13. The van der Waals surface area contributed by atoms with E-state index in [4.69, 9.17) is 10.5 Å². The van der Waals surface area contributed by atoms with E-state index in [1.165, 1.54) is 13.2 Å². The van der Waals surface area contributed by atoms with Gasteiger partial charge in [-0.05, 0) is 47.1 Å². The summed E-state index contributed by atoms with van der Waals surface area (Å²) in [5.41, 5.74) is 6.95. The first-order chi connectivity index (χ1) is 9.92. The third kappa shape index (κ3) is 3.33. The topological polar surface area (TPSA) is 64.3 Å². The van der Waals surface area contributed by atoms with Crippen molar-refractivity contribution in [2.24, 2.45) is 0 Å². The molecule has 0 saturated heterocycles. The molecular formula is C15H14BrFN2O2. The summed E-state index contributed by atoms with van der Waals surface area (Å²) < 4.78 is 19.5. The van der Waals surface area contributed by atoms with E-state index in [1.54, 1.807) is 25.1 Å². The standard InChI is InChI=1S/C15H14BrFN2O2/c1-8-12(17)5-9(6-13(8)18)15(20)19-10-3-4-11(16)14(7-10)21-2/h3-7H,18H2,1-2H3,(H,19,20). The average molecular weight is 353 g/mol. The quantitative estimate of drug-likeness (QED) is 0.827. The molecule has 2 aromatic rings.